The summed E-state index contributed by atoms with van der Waals surface area (Å²) >= 11 is 6.01. The van der Waals surface area contributed by atoms with Crippen molar-refractivity contribution in [2.24, 2.45) is 0 Å². The molecule has 30 heavy (non-hydrogen) atoms. The van der Waals surface area contributed by atoms with E-state index in [2.05, 4.69) is 9.97 Å². The molecule has 0 fully saturated rings. The summed E-state index contributed by atoms with van der Waals surface area (Å²) < 4.78 is 18.0. The van der Waals surface area contributed by atoms with Crippen molar-refractivity contribution in [2.75, 3.05) is 0 Å². The monoisotopic (exact) mass is 416 g/mol. The molecule has 0 spiro atoms. The number of fused-ring (bicyclic) bond motifs is 1. The summed E-state index contributed by atoms with van der Waals surface area (Å²) in [5, 5.41) is 0.549. The SMILES string of the molecule is O=c1nc(-c2ccc(Cl)cc2)n(-c2ccccc2F)c2ncn(-c3ccccc3)c12. The highest BCUT2D eigenvalue weighted by Crippen LogP contribution is 2.27. The van der Waals surface area contributed by atoms with Gasteiger partial charge in [-0.05, 0) is 48.5 Å². The lowest BCUT2D eigenvalue weighted by molar-refractivity contribution is 0.619. The van der Waals surface area contributed by atoms with Crippen LogP contribution in [0.25, 0.3) is 33.9 Å². The molecule has 5 rings (SSSR count). The molecule has 0 aliphatic rings. The van der Waals surface area contributed by atoms with E-state index < -0.39 is 11.4 Å². The average Bonchev–Trinajstić information content (AvgIpc) is 3.21. The number of halogens is 2. The third-order valence-electron chi connectivity index (χ3n) is 4.81. The Balaban J connectivity index is 1.89. The molecule has 0 N–H and O–H groups in total. The Morgan fingerprint density at radius 1 is 0.867 bits per heavy atom. The Morgan fingerprint density at radius 3 is 2.30 bits per heavy atom. The second-order valence-electron chi connectivity index (χ2n) is 6.66. The minimum atomic E-state index is -0.455. The zero-order valence-electron chi connectivity index (χ0n) is 15.5. The summed E-state index contributed by atoms with van der Waals surface area (Å²) in [4.78, 5) is 21.8. The number of hydrogen-bond acceptors (Lipinski definition) is 3. The Morgan fingerprint density at radius 2 is 1.57 bits per heavy atom. The number of para-hydroxylation sites is 2. The number of imidazole rings is 1. The topological polar surface area (TPSA) is 52.7 Å². The fraction of sp³-hybridized carbons (Fsp3) is 0. The molecule has 0 saturated carbocycles. The maximum atomic E-state index is 14.8. The van der Waals surface area contributed by atoms with Crippen LogP contribution in [0.5, 0.6) is 0 Å². The van der Waals surface area contributed by atoms with Crippen molar-refractivity contribution >= 4 is 22.8 Å². The van der Waals surface area contributed by atoms with Crippen molar-refractivity contribution in [2.45, 2.75) is 0 Å². The van der Waals surface area contributed by atoms with Crippen LogP contribution in [0.4, 0.5) is 4.39 Å². The van der Waals surface area contributed by atoms with Crippen LogP contribution < -0.4 is 5.56 Å². The van der Waals surface area contributed by atoms with Gasteiger partial charge >= 0.3 is 0 Å². The number of benzene rings is 3. The summed E-state index contributed by atoms with van der Waals surface area (Å²) in [5.41, 5.74) is 1.76. The summed E-state index contributed by atoms with van der Waals surface area (Å²) in [6, 6.07) is 22.5. The standard InChI is InChI=1S/C23H14ClFN4O/c24-16-12-10-15(11-13-16)21-27-23(30)20-22(29(21)19-9-5-4-8-18(19)25)26-14-28(20)17-6-2-1-3-7-17/h1-14H. The highest BCUT2D eigenvalue weighted by atomic mass is 35.5. The molecular weight excluding hydrogens is 403 g/mol. The van der Waals surface area contributed by atoms with Gasteiger partial charge in [0, 0.05) is 16.3 Å². The highest BCUT2D eigenvalue weighted by Gasteiger charge is 2.20. The molecule has 5 nitrogen and oxygen atoms in total. The minimum Gasteiger partial charge on any atom is -0.293 e. The van der Waals surface area contributed by atoms with Crippen LogP contribution in [-0.4, -0.2) is 19.1 Å². The maximum absolute atomic E-state index is 14.8. The molecule has 3 aromatic carbocycles. The average molecular weight is 417 g/mol. The number of aromatic nitrogens is 4. The van der Waals surface area contributed by atoms with E-state index in [1.165, 1.54) is 6.07 Å². The summed E-state index contributed by atoms with van der Waals surface area (Å²) in [5.74, 6) is -0.165. The van der Waals surface area contributed by atoms with Crippen molar-refractivity contribution in [3.8, 4) is 22.8 Å². The van der Waals surface area contributed by atoms with Gasteiger partial charge in [0.2, 0.25) is 0 Å². The van der Waals surface area contributed by atoms with E-state index in [0.717, 1.165) is 5.69 Å². The summed E-state index contributed by atoms with van der Waals surface area (Å²) in [6.45, 7) is 0. The van der Waals surface area contributed by atoms with Gasteiger partial charge in [-0.15, -0.1) is 0 Å². The Hall–Kier alpha value is -3.77. The Kier molecular flexibility index (Phi) is 4.41. The third-order valence-corrected chi connectivity index (χ3v) is 5.06. The fourth-order valence-corrected chi connectivity index (χ4v) is 3.57. The van der Waals surface area contributed by atoms with E-state index in [1.807, 2.05) is 30.3 Å². The first-order valence-corrected chi connectivity index (χ1v) is 9.57. The lowest BCUT2D eigenvalue weighted by Crippen LogP contribution is -2.18. The van der Waals surface area contributed by atoms with Gasteiger partial charge in [-0.3, -0.25) is 13.9 Å². The number of hydrogen-bond donors (Lipinski definition) is 0. The Labute approximate surface area is 175 Å². The van der Waals surface area contributed by atoms with Gasteiger partial charge in [-0.1, -0.05) is 41.9 Å². The normalized spacial score (nSPS) is 11.1. The quantitative estimate of drug-likeness (QED) is 0.414. The van der Waals surface area contributed by atoms with E-state index in [9.17, 15) is 9.18 Å². The first-order chi connectivity index (χ1) is 14.6. The van der Waals surface area contributed by atoms with Crippen LogP contribution >= 0.6 is 11.6 Å². The Bertz CT molecular complexity index is 1430. The lowest BCUT2D eigenvalue weighted by atomic mass is 10.2. The molecule has 0 bridgehead atoms. The van der Waals surface area contributed by atoms with Gasteiger partial charge in [0.05, 0.1) is 5.69 Å². The predicted octanol–water partition coefficient (Wildman–Crippen LogP) is 5.03. The van der Waals surface area contributed by atoms with Crippen LogP contribution in [0.1, 0.15) is 0 Å². The molecule has 2 aromatic heterocycles. The molecule has 0 radical (unpaired) electrons. The van der Waals surface area contributed by atoms with Crippen molar-refractivity contribution < 1.29 is 4.39 Å². The molecule has 0 atom stereocenters. The van der Waals surface area contributed by atoms with Crippen LogP contribution in [0.2, 0.25) is 5.02 Å². The van der Waals surface area contributed by atoms with Gasteiger partial charge in [0.15, 0.2) is 17.0 Å². The smallest absolute Gasteiger partial charge is 0.293 e. The van der Waals surface area contributed by atoms with Crippen LogP contribution in [0, 0.1) is 5.82 Å². The highest BCUT2D eigenvalue weighted by molar-refractivity contribution is 6.30. The second kappa shape index (κ2) is 7.24. The van der Waals surface area contributed by atoms with E-state index >= 15 is 0 Å². The predicted molar refractivity (Wildman–Crippen MR) is 115 cm³/mol. The zero-order valence-corrected chi connectivity index (χ0v) is 16.3. The second-order valence-corrected chi connectivity index (χ2v) is 7.09. The maximum Gasteiger partial charge on any atom is 0.299 e. The number of nitrogens with zero attached hydrogens (tertiary/aromatic N) is 4. The minimum absolute atomic E-state index is 0.248. The number of rotatable bonds is 3. The third kappa shape index (κ3) is 2.98. The van der Waals surface area contributed by atoms with Crippen LogP contribution in [0.15, 0.2) is 90.0 Å². The zero-order chi connectivity index (χ0) is 20.7. The van der Waals surface area contributed by atoms with Crippen molar-refractivity contribution in [3.05, 3.63) is 106 Å². The van der Waals surface area contributed by atoms with Gasteiger partial charge < -0.3 is 0 Å². The summed E-state index contributed by atoms with van der Waals surface area (Å²) in [6.07, 6.45) is 1.55. The molecule has 0 unspecified atom stereocenters. The molecular formula is C23H14ClFN4O. The fourth-order valence-electron chi connectivity index (χ4n) is 3.44. The van der Waals surface area contributed by atoms with Crippen molar-refractivity contribution in [3.63, 3.8) is 0 Å². The molecule has 5 aromatic rings. The largest absolute Gasteiger partial charge is 0.299 e. The lowest BCUT2D eigenvalue weighted by Gasteiger charge is -2.15. The van der Waals surface area contributed by atoms with E-state index in [4.69, 9.17) is 11.6 Å². The molecule has 0 amide bonds. The molecule has 2 heterocycles. The van der Waals surface area contributed by atoms with E-state index in [1.54, 1.807) is 57.9 Å². The van der Waals surface area contributed by atoms with Crippen molar-refractivity contribution in [1.29, 1.82) is 0 Å². The molecule has 7 heteroatoms. The van der Waals surface area contributed by atoms with E-state index in [0.29, 0.717) is 16.2 Å². The first kappa shape index (κ1) is 18.3. The van der Waals surface area contributed by atoms with Crippen molar-refractivity contribution in [1.82, 2.24) is 19.1 Å². The van der Waals surface area contributed by atoms with Gasteiger partial charge in [0.1, 0.15) is 12.1 Å². The first-order valence-electron chi connectivity index (χ1n) is 9.20. The van der Waals surface area contributed by atoms with E-state index in [-0.39, 0.29) is 17.0 Å². The van der Waals surface area contributed by atoms with Gasteiger partial charge in [0.25, 0.3) is 5.56 Å². The molecule has 0 aliphatic heterocycles. The summed E-state index contributed by atoms with van der Waals surface area (Å²) in [7, 11) is 0. The van der Waals surface area contributed by atoms with Gasteiger partial charge in [-0.2, -0.15) is 4.98 Å². The molecule has 0 saturated heterocycles. The molecule has 146 valence electrons. The van der Waals surface area contributed by atoms with Crippen LogP contribution in [0.3, 0.4) is 0 Å². The van der Waals surface area contributed by atoms with Crippen LogP contribution in [-0.2, 0) is 0 Å². The molecule has 0 aliphatic carbocycles. The van der Waals surface area contributed by atoms with Gasteiger partial charge in [-0.25, -0.2) is 9.37 Å².